The highest BCUT2D eigenvalue weighted by Gasteiger charge is 2.14. The van der Waals surface area contributed by atoms with E-state index >= 15 is 0 Å². The third-order valence-electron chi connectivity index (χ3n) is 2.20. The van der Waals surface area contributed by atoms with Crippen LogP contribution < -0.4 is 11.1 Å². The molecule has 4 nitrogen and oxygen atoms in total. The maximum atomic E-state index is 5.94. The molecule has 0 bridgehead atoms. The van der Waals surface area contributed by atoms with E-state index in [9.17, 15) is 0 Å². The summed E-state index contributed by atoms with van der Waals surface area (Å²) in [5, 5.41) is 2.75. The number of unbranched alkanes of at least 4 members (excludes halogenated alkanes) is 2. The van der Waals surface area contributed by atoms with E-state index in [1.54, 1.807) is 14.2 Å². The van der Waals surface area contributed by atoms with Crippen LogP contribution in [0.1, 0.15) is 32.6 Å². The van der Waals surface area contributed by atoms with Crippen molar-refractivity contribution in [1.29, 1.82) is 0 Å². The Labute approximate surface area is 103 Å². The first-order chi connectivity index (χ1) is 7.65. The Bertz CT molecular complexity index is 125. The lowest BCUT2D eigenvalue weighted by Crippen LogP contribution is -2.30. The number of hydrogen-bond donors (Lipinski definition) is 2. The summed E-state index contributed by atoms with van der Waals surface area (Å²) in [4.78, 5) is 0. The lowest BCUT2D eigenvalue weighted by Gasteiger charge is -2.16. The van der Waals surface area contributed by atoms with E-state index in [1.807, 2.05) is 14.1 Å². The van der Waals surface area contributed by atoms with Gasteiger partial charge in [0.1, 0.15) is 0 Å². The van der Waals surface area contributed by atoms with Crippen LogP contribution in [0.2, 0.25) is 6.04 Å². The monoisotopic (exact) mass is 250 g/mol. The Balaban J connectivity index is 0. The number of nitrogens with one attached hydrogen (secondary N) is 1. The molecule has 0 fully saturated rings. The summed E-state index contributed by atoms with van der Waals surface area (Å²) in [7, 11) is 5.74. The number of hydrogen-bond acceptors (Lipinski definition) is 4. The summed E-state index contributed by atoms with van der Waals surface area (Å²) in [6, 6.07) is 1.19. The Hall–Kier alpha value is 0.0569. The molecular weight excluding hydrogens is 220 g/mol. The largest absolute Gasteiger partial charge is 0.400 e. The molecule has 100 valence electrons. The first-order valence-corrected chi connectivity index (χ1v) is 7.81. The minimum atomic E-state index is -1.43. The molecule has 16 heavy (non-hydrogen) atoms. The summed E-state index contributed by atoms with van der Waals surface area (Å²) in [5.41, 5.74) is 5.94. The van der Waals surface area contributed by atoms with E-state index in [4.69, 9.17) is 14.6 Å². The number of nitrogens with two attached hydrogens (primary N) is 1. The first-order valence-electron chi connectivity index (χ1n) is 6.05. The molecule has 1 atom stereocenters. The van der Waals surface area contributed by atoms with Crippen molar-refractivity contribution >= 4 is 9.28 Å². The van der Waals surface area contributed by atoms with E-state index in [2.05, 4.69) is 12.2 Å². The molecule has 0 rings (SSSR count). The average Bonchev–Trinajstić information content (AvgIpc) is 2.27. The summed E-state index contributed by atoms with van der Waals surface area (Å²) in [6.45, 7) is 2.20. The summed E-state index contributed by atoms with van der Waals surface area (Å²) < 4.78 is 10.4. The predicted molar refractivity (Wildman–Crippen MR) is 73.1 cm³/mol. The van der Waals surface area contributed by atoms with Crippen molar-refractivity contribution in [2.45, 2.75) is 44.7 Å². The third-order valence-corrected chi connectivity index (χ3v) is 4.24. The Morgan fingerprint density at radius 1 is 1.19 bits per heavy atom. The molecule has 0 saturated carbocycles. The molecule has 0 saturated heterocycles. The van der Waals surface area contributed by atoms with Gasteiger partial charge in [-0.25, -0.2) is 0 Å². The topological polar surface area (TPSA) is 56.5 Å². The van der Waals surface area contributed by atoms with Crippen molar-refractivity contribution in [3.8, 4) is 0 Å². The average molecular weight is 250 g/mol. The molecule has 0 aromatic rings. The molecule has 0 aliphatic rings. The second kappa shape index (κ2) is 15.1. The van der Waals surface area contributed by atoms with Crippen molar-refractivity contribution in [2.24, 2.45) is 5.73 Å². The maximum Gasteiger partial charge on any atom is 0.322 e. The van der Waals surface area contributed by atoms with Crippen LogP contribution in [0.15, 0.2) is 0 Å². The quantitative estimate of drug-likeness (QED) is 0.503. The molecule has 3 N–H and O–H groups in total. The smallest absolute Gasteiger partial charge is 0.322 e. The fourth-order valence-electron chi connectivity index (χ4n) is 1.31. The Morgan fingerprint density at radius 3 is 2.06 bits per heavy atom. The summed E-state index contributed by atoms with van der Waals surface area (Å²) in [6.07, 6.45) is 4.86. The van der Waals surface area contributed by atoms with Crippen molar-refractivity contribution in [3.05, 3.63) is 0 Å². The van der Waals surface area contributed by atoms with Crippen LogP contribution in [0.4, 0.5) is 0 Å². The van der Waals surface area contributed by atoms with E-state index in [-0.39, 0.29) is 6.04 Å². The van der Waals surface area contributed by atoms with Crippen molar-refractivity contribution < 1.29 is 8.85 Å². The fraction of sp³-hybridized carbons (Fsp3) is 1.00. The second-order valence-electron chi connectivity index (χ2n) is 3.89. The standard InChI is InChI=1S/C9H23NO2Si.C2H7N/c1-4-5-6-7-9(10)8-13(11-2)12-3;1-3-2/h9,13H,4-8,10H2,1-3H3;3H,1-2H3. The first kappa shape index (κ1) is 18.4. The molecule has 0 amide bonds. The van der Waals surface area contributed by atoms with Gasteiger partial charge in [0.2, 0.25) is 0 Å². The van der Waals surface area contributed by atoms with E-state index in [1.165, 1.54) is 19.3 Å². The van der Waals surface area contributed by atoms with Gasteiger partial charge >= 0.3 is 9.28 Å². The Kier molecular flexibility index (Phi) is 17.3. The normalized spacial score (nSPS) is 12.2. The van der Waals surface area contributed by atoms with Gasteiger partial charge in [-0.05, 0) is 20.5 Å². The highest BCUT2D eigenvalue weighted by molar-refractivity contribution is 6.44. The molecule has 0 aromatic heterocycles. The lowest BCUT2D eigenvalue weighted by atomic mass is 10.1. The minimum absolute atomic E-state index is 0.267. The van der Waals surface area contributed by atoms with Gasteiger partial charge < -0.3 is 19.9 Å². The molecule has 1 unspecified atom stereocenters. The van der Waals surface area contributed by atoms with Crippen LogP contribution in [-0.2, 0) is 8.85 Å². The van der Waals surface area contributed by atoms with Crippen molar-refractivity contribution in [1.82, 2.24) is 5.32 Å². The van der Waals surface area contributed by atoms with Gasteiger partial charge in [0, 0.05) is 26.3 Å². The predicted octanol–water partition coefficient (Wildman–Crippen LogP) is 1.24. The zero-order chi connectivity index (χ0) is 12.8. The van der Waals surface area contributed by atoms with Crippen LogP contribution >= 0.6 is 0 Å². The van der Waals surface area contributed by atoms with Gasteiger partial charge in [-0.2, -0.15) is 0 Å². The molecular formula is C11H30N2O2Si. The van der Waals surface area contributed by atoms with Crippen LogP contribution in [0, 0.1) is 0 Å². The zero-order valence-corrected chi connectivity index (χ0v) is 12.7. The van der Waals surface area contributed by atoms with E-state index < -0.39 is 9.28 Å². The van der Waals surface area contributed by atoms with Gasteiger partial charge in [0.15, 0.2) is 0 Å². The second-order valence-corrected chi connectivity index (χ2v) is 6.17. The van der Waals surface area contributed by atoms with Gasteiger partial charge in [0.05, 0.1) is 0 Å². The van der Waals surface area contributed by atoms with Crippen molar-refractivity contribution in [3.63, 3.8) is 0 Å². The molecule has 0 aliphatic heterocycles. The van der Waals surface area contributed by atoms with Crippen LogP contribution in [0.25, 0.3) is 0 Å². The SMILES string of the molecule is CCCCCC(N)C[SiH](OC)OC.CNC. The van der Waals surface area contributed by atoms with Gasteiger partial charge in [-0.3, -0.25) is 0 Å². The van der Waals surface area contributed by atoms with Crippen LogP contribution in [0.3, 0.4) is 0 Å². The molecule has 0 radical (unpaired) electrons. The third kappa shape index (κ3) is 14.1. The van der Waals surface area contributed by atoms with Crippen LogP contribution in [0.5, 0.6) is 0 Å². The molecule has 0 heterocycles. The summed E-state index contributed by atoms with van der Waals surface area (Å²) >= 11 is 0. The molecule has 0 aliphatic carbocycles. The zero-order valence-electron chi connectivity index (χ0n) is 11.6. The molecule has 0 aromatic carbocycles. The molecule has 0 spiro atoms. The minimum Gasteiger partial charge on any atom is -0.400 e. The van der Waals surface area contributed by atoms with E-state index in [0.29, 0.717) is 0 Å². The van der Waals surface area contributed by atoms with E-state index in [0.717, 1.165) is 12.5 Å². The summed E-state index contributed by atoms with van der Waals surface area (Å²) in [5.74, 6) is 0. The van der Waals surface area contributed by atoms with Crippen molar-refractivity contribution in [2.75, 3.05) is 28.3 Å². The highest BCUT2D eigenvalue weighted by atomic mass is 28.3. The molecule has 5 heteroatoms. The van der Waals surface area contributed by atoms with Gasteiger partial charge in [0.25, 0.3) is 0 Å². The Morgan fingerprint density at radius 2 is 1.69 bits per heavy atom. The van der Waals surface area contributed by atoms with Crippen LogP contribution in [-0.4, -0.2) is 43.6 Å². The highest BCUT2D eigenvalue weighted by Crippen LogP contribution is 2.07. The van der Waals surface area contributed by atoms with Gasteiger partial charge in [-0.1, -0.05) is 26.2 Å². The number of rotatable bonds is 8. The lowest BCUT2D eigenvalue weighted by molar-refractivity contribution is 0.273. The maximum absolute atomic E-state index is 5.94. The fourth-order valence-corrected chi connectivity index (χ4v) is 2.62. The van der Waals surface area contributed by atoms with Gasteiger partial charge in [-0.15, -0.1) is 0 Å².